The Kier molecular flexibility index (Phi) is 8.45. The van der Waals surface area contributed by atoms with Crippen LogP contribution in [0.15, 0.2) is 0 Å². The van der Waals surface area contributed by atoms with Crippen LogP contribution in [0.3, 0.4) is 0 Å². The van der Waals surface area contributed by atoms with E-state index in [2.05, 4.69) is 10.2 Å². The number of hydrogen-bond acceptors (Lipinski definition) is 4. The number of nitrogens with one attached hydrogen (secondary N) is 1. The summed E-state index contributed by atoms with van der Waals surface area (Å²) in [5.74, 6) is 0.298. The molecule has 2 atom stereocenters. The van der Waals surface area contributed by atoms with E-state index >= 15 is 0 Å². The average Bonchev–Trinajstić information content (AvgIpc) is 3.30. The van der Waals surface area contributed by atoms with E-state index in [0.717, 1.165) is 51.6 Å². The highest BCUT2D eigenvalue weighted by molar-refractivity contribution is 5.85. The van der Waals surface area contributed by atoms with Crippen LogP contribution >= 0.6 is 24.8 Å². The molecule has 2 unspecified atom stereocenters. The highest BCUT2D eigenvalue weighted by Crippen LogP contribution is 2.33. The zero-order valence-electron chi connectivity index (χ0n) is 15.0. The van der Waals surface area contributed by atoms with Crippen molar-refractivity contribution >= 4 is 36.6 Å². The summed E-state index contributed by atoms with van der Waals surface area (Å²) in [4.78, 5) is 28.8. The molecule has 6 nitrogen and oxygen atoms in total. The molecule has 2 amide bonds. The lowest BCUT2D eigenvalue weighted by Crippen LogP contribution is -2.57. The second-order valence-corrected chi connectivity index (χ2v) is 7.75. The number of carbonyl (C=O) groups is 2. The maximum Gasteiger partial charge on any atom is 0.234 e. The third kappa shape index (κ3) is 5.98. The summed E-state index contributed by atoms with van der Waals surface area (Å²) in [6, 6.07) is 0.416. The number of amides is 2. The van der Waals surface area contributed by atoms with Crippen LogP contribution < -0.4 is 11.1 Å². The molecule has 1 saturated heterocycles. The van der Waals surface area contributed by atoms with Crippen molar-refractivity contribution < 1.29 is 9.59 Å². The first-order valence-electron chi connectivity index (χ1n) is 9.05. The van der Waals surface area contributed by atoms with Gasteiger partial charge in [-0.15, -0.1) is 24.8 Å². The standard InChI is InChI=1S/C17H30N4O2.2ClH/c1-17(18)7-3-2-4-14(17)16(23)21-10-8-20(9-11-21)12-15(22)19-13-5-6-13;;/h13-14H,2-12,18H2,1H3,(H,19,22);2*1H. The minimum absolute atomic E-state index is 0. The molecule has 0 aromatic heterocycles. The zero-order chi connectivity index (χ0) is 16.4. The maximum absolute atomic E-state index is 12.8. The van der Waals surface area contributed by atoms with E-state index in [1.54, 1.807) is 0 Å². The Morgan fingerprint density at radius 3 is 2.28 bits per heavy atom. The topological polar surface area (TPSA) is 78.7 Å². The minimum Gasteiger partial charge on any atom is -0.352 e. The van der Waals surface area contributed by atoms with Crippen molar-refractivity contribution in [3.8, 4) is 0 Å². The smallest absolute Gasteiger partial charge is 0.234 e. The second kappa shape index (κ2) is 9.40. The number of nitrogens with zero attached hydrogens (tertiary/aromatic N) is 2. The van der Waals surface area contributed by atoms with Gasteiger partial charge in [0.2, 0.25) is 11.8 Å². The van der Waals surface area contributed by atoms with Crippen molar-refractivity contribution in [2.75, 3.05) is 32.7 Å². The molecule has 3 aliphatic rings. The number of nitrogens with two attached hydrogens (primary N) is 1. The first-order valence-corrected chi connectivity index (χ1v) is 9.05. The molecule has 2 saturated carbocycles. The second-order valence-electron chi connectivity index (χ2n) is 7.75. The van der Waals surface area contributed by atoms with Crippen LogP contribution in [0.25, 0.3) is 0 Å². The Morgan fingerprint density at radius 1 is 1.08 bits per heavy atom. The lowest BCUT2D eigenvalue weighted by Gasteiger charge is -2.42. The molecule has 8 heteroatoms. The van der Waals surface area contributed by atoms with Crippen LogP contribution in [-0.4, -0.2) is 65.9 Å². The predicted octanol–water partition coefficient (Wildman–Crippen LogP) is 1.16. The molecule has 0 bridgehead atoms. The van der Waals surface area contributed by atoms with Crippen LogP contribution in [0.2, 0.25) is 0 Å². The number of carbonyl (C=O) groups excluding carboxylic acids is 2. The third-order valence-corrected chi connectivity index (χ3v) is 5.55. The lowest BCUT2D eigenvalue weighted by atomic mass is 9.74. The summed E-state index contributed by atoms with van der Waals surface area (Å²) in [5.41, 5.74) is 6.00. The number of piperazine rings is 1. The third-order valence-electron chi connectivity index (χ3n) is 5.55. The largest absolute Gasteiger partial charge is 0.352 e. The van der Waals surface area contributed by atoms with Crippen molar-refractivity contribution in [3.63, 3.8) is 0 Å². The number of hydrogen-bond donors (Lipinski definition) is 2. The van der Waals surface area contributed by atoms with Gasteiger partial charge in [0.15, 0.2) is 0 Å². The van der Waals surface area contributed by atoms with Crippen molar-refractivity contribution in [1.29, 1.82) is 0 Å². The summed E-state index contributed by atoms with van der Waals surface area (Å²) >= 11 is 0. The fourth-order valence-corrected chi connectivity index (χ4v) is 3.81. The van der Waals surface area contributed by atoms with E-state index in [1.165, 1.54) is 0 Å². The fraction of sp³-hybridized carbons (Fsp3) is 0.882. The van der Waals surface area contributed by atoms with Gasteiger partial charge in [0.05, 0.1) is 12.5 Å². The van der Waals surface area contributed by atoms with Crippen LogP contribution in [0.4, 0.5) is 0 Å². The zero-order valence-corrected chi connectivity index (χ0v) is 16.7. The first-order chi connectivity index (χ1) is 11.0. The van der Waals surface area contributed by atoms with Gasteiger partial charge >= 0.3 is 0 Å². The van der Waals surface area contributed by atoms with Gasteiger partial charge in [0.25, 0.3) is 0 Å². The van der Waals surface area contributed by atoms with E-state index < -0.39 is 0 Å². The number of rotatable bonds is 4. The normalized spacial score (nSPS) is 30.0. The van der Waals surface area contributed by atoms with Gasteiger partial charge in [-0.05, 0) is 32.6 Å². The van der Waals surface area contributed by atoms with Gasteiger partial charge in [-0.25, -0.2) is 0 Å². The van der Waals surface area contributed by atoms with E-state index in [9.17, 15) is 9.59 Å². The van der Waals surface area contributed by atoms with Gasteiger partial charge in [-0.1, -0.05) is 12.8 Å². The Balaban J connectivity index is 0.00000156. The molecule has 3 rings (SSSR count). The quantitative estimate of drug-likeness (QED) is 0.749. The minimum atomic E-state index is -0.364. The first kappa shape index (κ1) is 22.5. The Labute approximate surface area is 163 Å². The van der Waals surface area contributed by atoms with E-state index in [0.29, 0.717) is 25.7 Å². The van der Waals surface area contributed by atoms with E-state index in [4.69, 9.17) is 5.73 Å². The molecule has 1 heterocycles. The van der Waals surface area contributed by atoms with Gasteiger partial charge < -0.3 is 16.0 Å². The molecule has 3 fully saturated rings. The Bertz CT molecular complexity index is 464. The molecule has 3 N–H and O–H groups in total. The van der Waals surface area contributed by atoms with Crippen molar-refractivity contribution in [3.05, 3.63) is 0 Å². The lowest BCUT2D eigenvalue weighted by molar-refractivity contribution is -0.140. The summed E-state index contributed by atoms with van der Waals surface area (Å²) in [5, 5.41) is 3.02. The van der Waals surface area contributed by atoms with E-state index in [1.807, 2.05) is 11.8 Å². The van der Waals surface area contributed by atoms with Gasteiger partial charge in [0.1, 0.15) is 0 Å². The molecule has 0 aromatic carbocycles. The van der Waals surface area contributed by atoms with Crippen molar-refractivity contribution in [1.82, 2.24) is 15.1 Å². The maximum atomic E-state index is 12.8. The van der Waals surface area contributed by atoms with Crippen LogP contribution in [0.5, 0.6) is 0 Å². The molecule has 0 spiro atoms. The Hall–Kier alpha value is -0.560. The summed E-state index contributed by atoms with van der Waals surface area (Å²) in [6.07, 6.45) is 6.31. The molecular weight excluding hydrogens is 363 g/mol. The summed E-state index contributed by atoms with van der Waals surface area (Å²) < 4.78 is 0. The van der Waals surface area contributed by atoms with Gasteiger partial charge in [-0.2, -0.15) is 0 Å². The van der Waals surface area contributed by atoms with Crippen molar-refractivity contribution in [2.45, 2.75) is 57.0 Å². The highest BCUT2D eigenvalue weighted by Gasteiger charge is 2.40. The number of halogens is 2. The molecule has 146 valence electrons. The van der Waals surface area contributed by atoms with Gasteiger partial charge in [0, 0.05) is 37.8 Å². The summed E-state index contributed by atoms with van der Waals surface area (Å²) in [7, 11) is 0. The van der Waals surface area contributed by atoms with Crippen LogP contribution in [0.1, 0.15) is 45.4 Å². The van der Waals surface area contributed by atoms with Crippen LogP contribution in [0, 0.1) is 5.92 Å². The van der Waals surface area contributed by atoms with Crippen molar-refractivity contribution in [2.24, 2.45) is 11.7 Å². The van der Waals surface area contributed by atoms with Crippen LogP contribution in [-0.2, 0) is 9.59 Å². The molecule has 1 aliphatic heterocycles. The molecule has 0 radical (unpaired) electrons. The monoisotopic (exact) mass is 394 g/mol. The average molecular weight is 395 g/mol. The molecule has 25 heavy (non-hydrogen) atoms. The van der Waals surface area contributed by atoms with Gasteiger partial charge in [-0.3, -0.25) is 14.5 Å². The summed E-state index contributed by atoms with van der Waals surface area (Å²) in [6.45, 7) is 5.45. The molecular formula is C17H32Cl2N4O2. The Morgan fingerprint density at radius 2 is 1.72 bits per heavy atom. The molecule has 2 aliphatic carbocycles. The SMILES string of the molecule is CC1(N)CCCCC1C(=O)N1CCN(CC(=O)NC2CC2)CC1.Cl.Cl. The van der Waals surface area contributed by atoms with E-state index in [-0.39, 0.29) is 48.1 Å². The molecule has 0 aromatic rings. The predicted molar refractivity (Wildman–Crippen MR) is 103 cm³/mol. The highest BCUT2D eigenvalue weighted by atomic mass is 35.5. The fourth-order valence-electron chi connectivity index (χ4n) is 3.81.